The summed E-state index contributed by atoms with van der Waals surface area (Å²) in [5.41, 5.74) is 5.93. The van der Waals surface area contributed by atoms with Crippen molar-refractivity contribution < 1.29 is 4.79 Å². The summed E-state index contributed by atoms with van der Waals surface area (Å²) in [4.78, 5) is 16.8. The molecule has 2 aliphatic heterocycles. The van der Waals surface area contributed by atoms with E-state index in [9.17, 15) is 4.79 Å². The van der Waals surface area contributed by atoms with Gasteiger partial charge in [0.05, 0.1) is 5.56 Å². The zero-order chi connectivity index (χ0) is 21.6. The largest absolute Gasteiger partial charge is 0.353 e. The molecule has 1 atom stereocenters. The third kappa shape index (κ3) is 4.00. The first-order valence-corrected chi connectivity index (χ1v) is 11.8. The van der Waals surface area contributed by atoms with Crippen molar-refractivity contribution in [3.8, 4) is 0 Å². The highest BCUT2D eigenvalue weighted by molar-refractivity contribution is 7.16. The fourth-order valence-electron chi connectivity index (χ4n) is 4.49. The van der Waals surface area contributed by atoms with Gasteiger partial charge in [0.15, 0.2) is 0 Å². The minimum absolute atomic E-state index is 0.0488. The minimum atomic E-state index is -0.186. The summed E-state index contributed by atoms with van der Waals surface area (Å²) < 4.78 is 0. The third-order valence-corrected chi connectivity index (χ3v) is 7.42. The Balaban J connectivity index is 1.35. The van der Waals surface area contributed by atoms with E-state index >= 15 is 0 Å². The van der Waals surface area contributed by atoms with Gasteiger partial charge in [-0.05, 0) is 34.1 Å². The van der Waals surface area contributed by atoms with E-state index in [1.165, 1.54) is 21.6 Å². The lowest BCUT2D eigenvalue weighted by Crippen LogP contribution is -2.38. The molecular weight excluding hydrogens is 402 g/mol. The molecule has 0 saturated heterocycles. The number of nitrogens with one attached hydrogen (secondary N) is 2. The Bertz CT molecular complexity index is 1100. The molecule has 5 rings (SSSR count). The van der Waals surface area contributed by atoms with Gasteiger partial charge in [0.1, 0.15) is 11.2 Å². The van der Waals surface area contributed by atoms with E-state index in [0.717, 1.165) is 42.2 Å². The maximum absolute atomic E-state index is 13.0. The number of rotatable bonds is 3. The van der Waals surface area contributed by atoms with Crippen molar-refractivity contribution in [2.45, 2.75) is 51.9 Å². The summed E-state index contributed by atoms with van der Waals surface area (Å²) in [5, 5.41) is 7.78. The molecule has 31 heavy (non-hydrogen) atoms. The molecule has 0 bridgehead atoms. The highest BCUT2D eigenvalue weighted by atomic mass is 32.1. The maximum Gasteiger partial charge on any atom is 0.256 e. The first-order valence-electron chi connectivity index (χ1n) is 11.0. The van der Waals surface area contributed by atoms with Crippen molar-refractivity contribution in [3.63, 3.8) is 0 Å². The lowest BCUT2D eigenvalue weighted by molar-refractivity contribution is 0.0934. The predicted molar refractivity (Wildman–Crippen MR) is 128 cm³/mol. The molecule has 0 fully saturated rings. The van der Waals surface area contributed by atoms with Crippen molar-refractivity contribution in [3.05, 3.63) is 87.3 Å². The molecule has 2 N–H and O–H groups in total. The predicted octanol–water partition coefficient (Wildman–Crippen LogP) is 5.46. The van der Waals surface area contributed by atoms with Crippen molar-refractivity contribution in [1.82, 2.24) is 10.2 Å². The molecule has 2 aromatic carbocycles. The van der Waals surface area contributed by atoms with Gasteiger partial charge >= 0.3 is 0 Å². The van der Waals surface area contributed by atoms with Crippen LogP contribution in [-0.2, 0) is 24.9 Å². The van der Waals surface area contributed by atoms with Gasteiger partial charge in [0.2, 0.25) is 0 Å². The molecule has 4 nitrogen and oxygen atoms in total. The van der Waals surface area contributed by atoms with Crippen LogP contribution >= 0.6 is 11.3 Å². The highest BCUT2D eigenvalue weighted by Gasteiger charge is 2.33. The Morgan fingerprint density at radius 2 is 1.77 bits per heavy atom. The number of benzene rings is 2. The van der Waals surface area contributed by atoms with E-state index in [4.69, 9.17) is 0 Å². The quantitative estimate of drug-likeness (QED) is 0.579. The second kappa shape index (κ2) is 7.81. The van der Waals surface area contributed by atoms with Crippen molar-refractivity contribution in [2.75, 3.05) is 11.9 Å². The van der Waals surface area contributed by atoms with Crippen LogP contribution in [0.25, 0.3) is 0 Å². The monoisotopic (exact) mass is 431 g/mol. The van der Waals surface area contributed by atoms with Gasteiger partial charge < -0.3 is 10.6 Å². The van der Waals surface area contributed by atoms with Crippen LogP contribution in [0.2, 0.25) is 0 Å². The Hall–Kier alpha value is -2.63. The van der Waals surface area contributed by atoms with Crippen molar-refractivity contribution >= 4 is 22.2 Å². The van der Waals surface area contributed by atoms with Crippen LogP contribution in [-0.4, -0.2) is 17.4 Å². The molecule has 1 amide bonds. The van der Waals surface area contributed by atoms with E-state index in [1.54, 1.807) is 11.3 Å². The number of carbonyl (C=O) groups is 1. The summed E-state index contributed by atoms with van der Waals surface area (Å²) in [6.07, 6.45) is 0.739. The van der Waals surface area contributed by atoms with Gasteiger partial charge in [0.25, 0.3) is 5.91 Å². The Morgan fingerprint density at radius 1 is 1.03 bits per heavy atom. The first-order chi connectivity index (χ1) is 14.9. The maximum atomic E-state index is 13.0. The summed E-state index contributed by atoms with van der Waals surface area (Å²) in [7, 11) is 0. The highest BCUT2D eigenvalue weighted by Crippen LogP contribution is 2.41. The second-order valence-electron chi connectivity index (χ2n) is 9.58. The third-order valence-electron chi connectivity index (χ3n) is 6.27. The van der Waals surface area contributed by atoms with Crippen LogP contribution in [0.3, 0.4) is 0 Å². The van der Waals surface area contributed by atoms with Gasteiger partial charge in [-0.3, -0.25) is 9.69 Å². The standard InChI is InChI=1S/C26H29N3OS/c1-26(2,3)19-11-9-18(10-12-19)23-27-24(30)22-20-13-14-29(15-17-7-5-4-6-8-17)16-21(20)31-25(22)28-23/h4-12,23,28H,13-16H2,1-3H3,(H,27,30)/t23-/m0/s1. The average molecular weight is 432 g/mol. The normalized spacial score (nSPS) is 18.7. The zero-order valence-corrected chi connectivity index (χ0v) is 19.2. The number of hydrogen-bond donors (Lipinski definition) is 2. The Labute approximate surface area is 188 Å². The number of anilines is 1. The number of carbonyl (C=O) groups excluding carboxylic acids is 1. The lowest BCUT2D eigenvalue weighted by atomic mass is 9.86. The molecule has 0 radical (unpaired) electrons. The number of nitrogens with zero attached hydrogens (tertiary/aromatic N) is 1. The number of hydrogen-bond acceptors (Lipinski definition) is 4. The van der Waals surface area contributed by atoms with Crippen LogP contribution in [0.1, 0.15) is 64.4 Å². The Kier molecular flexibility index (Phi) is 5.11. The molecule has 1 aromatic heterocycles. The van der Waals surface area contributed by atoms with E-state index in [2.05, 4.69) is 90.9 Å². The smallest absolute Gasteiger partial charge is 0.256 e. The van der Waals surface area contributed by atoms with Gasteiger partial charge in [-0.25, -0.2) is 0 Å². The van der Waals surface area contributed by atoms with E-state index in [-0.39, 0.29) is 17.5 Å². The molecular formula is C26H29N3OS. The molecule has 5 heteroatoms. The Morgan fingerprint density at radius 3 is 2.48 bits per heavy atom. The SMILES string of the molecule is CC(C)(C)c1ccc([C@H]2NC(=O)c3c(sc4c3CCN(Cc3ccccc3)C4)N2)cc1. The van der Waals surface area contributed by atoms with Gasteiger partial charge in [-0.1, -0.05) is 75.4 Å². The minimum Gasteiger partial charge on any atom is -0.353 e. The topological polar surface area (TPSA) is 44.4 Å². The second-order valence-corrected chi connectivity index (χ2v) is 10.7. The van der Waals surface area contributed by atoms with Gasteiger partial charge in [-0.2, -0.15) is 0 Å². The van der Waals surface area contributed by atoms with E-state index in [0.29, 0.717) is 0 Å². The lowest BCUT2D eigenvalue weighted by Gasteiger charge is -2.29. The van der Waals surface area contributed by atoms with Gasteiger partial charge in [0, 0.05) is 24.5 Å². The van der Waals surface area contributed by atoms with Crippen molar-refractivity contribution in [2.24, 2.45) is 0 Å². The summed E-state index contributed by atoms with van der Waals surface area (Å²) in [6, 6.07) is 19.2. The first kappa shape index (κ1) is 20.3. The molecule has 2 aliphatic rings. The van der Waals surface area contributed by atoms with Crippen LogP contribution in [0, 0.1) is 0 Å². The van der Waals surface area contributed by atoms with Gasteiger partial charge in [-0.15, -0.1) is 11.3 Å². The molecule has 160 valence electrons. The van der Waals surface area contributed by atoms with E-state index < -0.39 is 0 Å². The fourth-order valence-corrected chi connectivity index (χ4v) is 5.80. The molecule has 0 saturated carbocycles. The molecule has 0 unspecified atom stereocenters. The van der Waals surface area contributed by atoms with Crippen molar-refractivity contribution in [1.29, 1.82) is 0 Å². The molecule has 0 spiro atoms. The summed E-state index contributed by atoms with van der Waals surface area (Å²) in [5.74, 6) is 0.0488. The van der Waals surface area contributed by atoms with Crippen LogP contribution in [0.5, 0.6) is 0 Å². The molecule has 0 aliphatic carbocycles. The average Bonchev–Trinajstić information content (AvgIpc) is 3.12. The van der Waals surface area contributed by atoms with Crippen LogP contribution in [0.15, 0.2) is 54.6 Å². The molecule has 3 heterocycles. The van der Waals surface area contributed by atoms with E-state index in [1.807, 2.05) is 0 Å². The number of fused-ring (bicyclic) bond motifs is 3. The van der Waals surface area contributed by atoms with Crippen LogP contribution in [0.4, 0.5) is 5.00 Å². The summed E-state index contributed by atoms with van der Waals surface area (Å²) in [6.45, 7) is 9.48. The number of thiophene rings is 1. The van der Waals surface area contributed by atoms with Crippen LogP contribution < -0.4 is 10.6 Å². The molecule has 3 aromatic rings. The zero-order valence-electron chi connectivity index (χ0n) is 18.4. The summed E-state index contributed by atoms with van der Waals surface area (Å²) >= 11 is 1.75. The fraction of sp³-hybridized carbons (Fsp3) is 0.346. The number of amides is 1.